The van der Waals surface area contributed by atoms with Crippen molar-refractivity contribution in [3.05, 3.63) is 75.8 Å². The molecule has 0 radical (unpaired) electrons. The highest BCUT2D eigenvalue weighted by Gasteiger charge is 2.21. The lowest BCUT2D eigenvalue weighted by Crippen LogP contribution is -2.36. The van der Waals surface area contributed by atoms with Crippen molar-refractivity contribution < 1.29 is 4.42 Å². The Morgan fingerprint density at radius 3 is 2.75 bits per heavy atom. The quantitative estimate of drug-likeness (QED) is 0.556. The molecule has 0 amide bonds. The van der Waals surface area contributed by atoms with Crippen molar-refractivity contribution in [2.75, 3.05) is 5.32 Å². The Bertz CT molecular complexity index is 787. The summed E-state index contributed by atoms with van der Waals surface area (Å²) >= 11 is 13.6. The van der Waals surface area contributed by atoms with Crippen LogP contribution in [0.1, 0.15) is 23.6 Å². The first kappa shape index (κ1) is 17.0. The molecule has 0 fully saturated rings. The molecule has 0 aliphatic rings. The highest BCUT2D eigenvalue weighted by atomic mass is 35.5. The number of nitrogens with one attached hydrogen (secondary N) is 1. The first-order valence-corrected chi connectivity index (χ1v) is 9.19. The normalized spacial score (nSPS) is 11.9. The second-order valence-electron chi connectivity index (χ2n) is 5.31. The van der Waals surface area contributed by atoms with E-state index in [0.29, 0.717) is 16.7 Å². The van der Waals surface area contributed by atoms with Gasteiger partial charge in [-0.05, 0) is 54.9 Å². The summed E-state index contributed by atoms with van der Waals surface area (Å²) in [7, 11) is 0. The molecule has 24 heavy (non-hydrogen) atoms. The zero-order chi connectivity index (χ0) is 16.9. The Hall–Kier alpha value is -1.82. The molecule has 0 aliphatic heterocycles. The lowest BCUT2D eigenvalue weighted by Gasteiger charge is -2.30. The molecule has 124 valence electrons. The van der Waals surface area contributed by atoms with Crippen LogP contribution in [0.25, 0.3) is 0 Å². The average molecular weight is 377 g/mol. The lowest BCUT2D eigenvalue weighted by atomic mass is 10.2. The summed E-state index contributed by atoms with van der Waals surface area (Å²) in [4.78, 5) is 3.34. The molecular formula is C18H17ClN2OS2. The van der Waals surface area contributed by atoms with E-state index in [9.17, 15) is 0 Å². The standard InChI is InChI=1S/C18H17ClN2OS2/c1-13(17-9-5-11-24-17)21(12-14-6-4-10-22-14)18(23)20-16-8-3-2-7-15(16)19/h2-11,13H,12H2,1H3,(H,20,23)/t13-/m1/s1. The Morgan fingerprint density at radius 2 is 2.08 bits per heavy atom. The largest absolute Gasteiger partial charge is 0.467 e. The predicted molar refractivity (Wildman–Crippen MR) is 105 cm³/mol. The Labute approximate surface area is 155 Å². The SMILES string of the molecule is C[C@H](c1cccs1)N(Cc1ccco1)C(=S)Nc1ccccc1Cl. The summed E-state index contributed by atoms with van der Waals surface area (Å²) in [5, 5.41) is 6.58. The number of furan rings is 1. The number of thiophene rings is 1. The summed E-state index contributed by atoms with van der Waals surface area (Å²) in [6, 6.07) is 15.7. The average Bonchev–Trinajstić information content (AvgIpc) is 3.27. The fraction of sp³-hybridized carbons (Fsp3) is 0.167. The Kier molecular flexibility index (Phi) is 5.56. The zero-order valence-electron chi connectivity index (χ0n) is 13.1. The number of hydrogen-bond donors (Lipinski definition) is 1. The molecule has 0 bridgehead atoms. The van der Waals surface area contributed by atoms with E-state index in [0.717, 1.165) is 11.4 Å². The number of nitrogens with zero attached hydrogens (tertiary/aromatic N) is 1. The van der Waals surface area contributed by atoms with Crippen molar-refractivity contribution in [3.8, 4) is 0 Å². The molecule has 1 atom stereocenters. The summed E-state index contributed by atoms with van der Waals surface area (Å²) < 4.78 is 5.50. The van der Waals surface area contributed by atoms with Crippen LogP contribution in [0.15, 0.2) is 64.6 Å². The van der Waals surface area contributed by atoms with Crippen LogP contribution in [0.5, 0.6) is 0 Å². The van der Waals surface area contributed by atoms with E-state index in [1.807, 2.05) is 42.5 Å². The van der Waals surface area contributed by atoms with Crippen molar-refractivity contribution in [3.63, 3.8) is 0 Å². The number of anilines is 1. The third-order valence-electron chi connectivity index (χ3n) is 3.71. The topological polar surface area (TPSA) is 28.4 Å². The summed E-state index contributed by atoms with van der Waals surface area (Å²) in [5.41, 5.74) is 0.798. The molecule has 0 unspecified atom stereocenters. The third-order valence-corrected chi connectivity index (χ3v) is 5.41. The van der Waals surface area contributed by atoms with Gasteiger partial charge >= 0.3 is 0 Å². The van der Waals surface area contributed by atoms with Crippen LogP contribution in [-0.4, -0.2) is 10.0 Å². The molecule has 0 saturated heterocycles. The second kappa shape index (κ2) is 7.83. The van der Waals surface area contributed by atoms with Crippen LogP contribution < -0.4 is 5.32 Å². The van der Waals surface area contributed by atoms with Gasteiger partial charge in [0.05, 0.1) is 29.6 Å². The van der Waals surface area contributed by atoms with E-state index in [1.165, 1.54) is 4.88 Å². The molecule has 6 heteroatoms. The maximum absolute atomic E-state index is 6.24. The monoisotopic (exact) mass is 376 g/mol. The number of hydrogen-bond acceptors (Lipinski definition) is 3. The van der Waals surface area contributed by atoms with Gasteiger partial charge in [-0.2, -0.15) is 0 Å². The van der Waals surface area contributed by atoms with Crippen LogP contribution in [0.3, 0.4) is 0 Å². The third kappa shape index (κ3) is 3.98. The number of rotatable bonds is 5. The Morgan fingerprint density at radius 1 is 1.25 bits per heavy atom. The molecular weight excluding hydrogens is 360 g/mol. The molecule has 2 heterocycles. The summed E-state index contributed by atoms with van der Waals surface area (Å²) in [6.07, 6.45) is 1.67. The zero-order valence-corrected chi connectivity index (χ0v) is 15.5. The van der Waals surface area contributed by atoms with Crippen molar-refractivity contribution in [1.82, 2.24) is 4.90 Å². The van der Waals surface area contributed by atoms with E-state index >= 15 is 0 Å². The number of para-hydroxylation sites is 1. The van der Waals surface area contributed by atoms with E-state index < -0.39 is 0 Å². The number of benzene rings is 1. The molecule has 3 aromatic rings. The van der Waals surface area contributed by atoms with Gasteiger partial charge in [0.2, 0.25) is 0 Å². The summed E-state index contributed by atoms with van der Waals surface area (Å²) in [6.45, 7) is 2.72. The van der Waals surface area contributed by atoms with E-state index in [4.69, 9.17) is 28.2 Å². The van der Waals surface area contributed by atoms with Gasteiger partial charge in [-0.25, -0.2) is 0 Å². The summed E-state index contributed by atoms with van der Waals surface area (Å²) in [5.74, 6) is 0.863. The molecule has 3 rings (SSSR count). The lowest BCUT2D eigenvalue weighted by molar-refractivity contribution is 0.306. The van der Waals surface area contributed by atoms with Crippen LogP contribution in [0.4, 0.5) is 5.69 Å². The van der Waals surface area contributed by atoms with Gasteiger partial charge in [-0.15, -0.1) is 11.3 Å². The minimum absolute atomic E-state index is 0.123. The van der Waals surface area contributed by atoms with Gasteiger partial charge in [0.15, 0.2) is 5.11 Å². The van der Waals surface area contributed by atoms with Gasteiger partial charge in [0, 0.05) is 4.88 Å². The molecule has 0 spiro atoms. The van der Waals surface area contributed by atoms with Crippen molar-refractivity contribution >= 4 is 46.0 Å². The van der Waals surface area contributed by atoms with E-state index in [-0.39, 0.29) is 6.04 Å². The van der Waals surface area contributed by atoms with Gasteiger partial charge in [0.25, 0.3) is 0 Å². The van der Waals surface area contributed by atoms with E-state index in [2.05, 4.69) is 28.6 Å². The molecule has 1 aromatic carbocycles. The van der Waals surface area contributed by atoms with Crippen LogP contribution in [-0.2, 0) is 6.54 Å². The van der Waals surface area contributed by atoms with Gasteiger partial charge in [-0.3, -0.25) is 0 Å². The molecule has 3 nitrogen and oxygen atoms in total. The smallest absolute Gasteiger partial charge is 0.174 e. The number of thiocarbonyl (C=S) groups is 1. The van der Waals surface area contributed by atoms with Crippen molar-refractivity contribution in [2.24, 2.45) is 0 Å². The fourth-order valence-electron chi connectivity index (χ4n) is 2.39. The number of halogens is 1. The van der Waals surface area contributed by atoms with Crippen LogP contribution in [0, 0.1) is 0 Å². The van der Waals surface area contributed by atoms with Crippen LogP contribution >= 0.6 is 35.2 Å². The highest BCUT2D eigenvalue weighted by Crippen LogP contribution is 2.28. The minimum Gasteiger partial charge on any atom is -0.467 e. The molecule has 2 aromatic heterocycles. The van der Waals surface area contributed by atoms with Gasteiger partial charge < -0.3 is 14.6 Å². The van der Waals surface area contributed by atoms with Crippen LogP contribution in [0.2, 0.25) is 5.02 Å². The highest BCUT2D eigenvalue weighted by molar-refractivity contribution is 7.80. The van der Waals surface area contributed by atoms with E-state index in [1.54, 1.807) is 17.6 Å². The second-order valence-corrected chi connectivity index (χ2v) is 7.08. The van der Waals surface area contributed by atoms with Crippen molar-refractivity contribution in [1.29, 1.82) is 0 Å². The molecule has 0 aliphatic carbocycles. The molecule has 0 saturated carbocycles. The minimum atomic E-state index is 0.123. The maximum atomic E-state index is 6.24. The predicted octanol–water partition coefficient (Wildman–Crippen LogP) is 5.95. The van der Waals surface area contributed by atoms with Crippen molar-refractivity contribution in [2.45, 2.75) is 19.5 Å². The Balaban J connectivity index is 1.83. The van der Waals surface area contributed by atoms with Gasteiger partial charge in [0.1, 0.15) is 5.76 Å². The first-order valence-electron chi connectivity index (χ1n) is 7.53. The molecule has 1 N–H and O–H groups in total. The fourth-order valence-corrected chi connectivity index (χ4v) is 3.70. The maximum Gasteiger partial charge on any atom is 0.174 e. The van der Waals surface area contributed by atoms with Gasteiger partial charge in [-0.1, -0.05) is 29.8 Å². The first-order chi connectivity index (χ1) is 11.6.